The smallest absolute Gasteiger partial charge is 0.119 e. The molecule has 0 amide bonds. The molecule has 4 heteroatoms. The van der Waals surface area contributed by atoms with Crippen LogP contribution in [-0.2, 0) is 0 Å². The van der Waals surface area contributed by atoms with Crippen molar-refractivity contribution in [2.24, 2.45) is 5.92 Å². The van der Waals surface area contributed by atoms with Gasteiger partial charge in [-0.1, -0.05) is 13.8 Å². The highest BCUT2D eigenvalue weighted by Gasteiger charge is 2.08. The van der Waals surface area contributed by atoms with E-state index in [1.807, 2.05) is 12.1 Å². The Balaban J connectivity index is 2.38. The number of hydrogen-bond donors (Lipinski definition) is 0. The van der Waals surface area contributed by atoms with Crippen LogP contribution in [0.3, 0.4) is 0 Å². The fourth-order valence-electron chi connectivity index (χ4n) is 2.07. The maximum absolute atomic E-state index is 8.76. The quantitative estimate of drug-likeness (QED) is 0.700. The van der Waals surface area contributed by atoms with E-state index in [4.69, 9.17) is 10.00 Å². The molecule has 21 heavy (non-hydrogen) atoms. The van der Waals surface area contributed by atoms with Gasteiger partial charge in [-0.2, -0.15) is 5.26 Å². The molecule has 1 aromatic rings. The van der Waals surface area contributed by atoms with Crippen LogP contribution < -0.4 is 4.74 Å². The van der Waals surface area contributed by atoms with Crippen molar-refractivity contribution in [1.82, 2.24) is 9.80 Å². The molecule has 4 nitrogen and oxygen atoms in total. The van der Waals surface area contributed by atoms with Crippen LogP contribution in [0.4, 0.5) is 0 Å². The van der Waals surface area contributed by atoms with Crippen LogP contribution in [-0.4, -0.2) is 56.7 Å². The summed E-state index contributed by atoms with van der Waals surface area (Å²) in [6.45, 7) is 9.28. The second-order valence-electron chi connectivity index (χ2n) is 5.98. The molecule has 0 radical (unpaired) electrons. The number of nitrogens with zero attached hydrogens (tertiary/aromatic N) is 3. The molecule has 0 heterocycles. The molecule has 1 aromatic carbocycles. The Bertz CT molecular complexity index is 434. The minimum Gasteiger partial charge on any atom is -0.492 e. The number of nitriles is 1. The highest BCUT2D eigenvalue weighted by molar-refractivity contribution is 5.34. The van der Waals surface area contributed by atoms with E-state index in [0.29, 0.717) is 18.1 Å². The molecule has 0 aromatic heterocycles. The van der Waals surface area contributed by atoms with Crippen LogP contribution in [0.25, 0.3) is 0 Å². The third kappa shape index (κ3) is 7.69. The summed E-state index contributed by atoms with van der Waals surface area (Å²) < 4.78 is 5.76. The van der Waals surface area contributed by atoms with Gasteiger partial charge in [0.1, 0.15) is 12.4 Å². The molecule has 0 aliphatic carbocycles. The summed E-state index contributed by atoms with van der Waals surface area (Å²) in [5.74, 6) is 1.48. The number of rotatable bonds is 9. The zero-order chi connectivity index (χ0) is 15.7. The normalized spacial score (nSPS) is 11.1. The van der Waals surface area contributed by atoms with E-state index in [9.17, 15) is 0 Å². The van der Waals surface area contributed by atoms with Crippen molar-refractivity contribution in [2.45, 2.75) is 13.8 Å². The van der Waals surface area contributed by atoms with Crippen molar-refractivity contribution in [1.29, 1.82) is 5.26 Å². The van der Waals surface area contributed by atoms with Gasteiger partial charge in [0.25, 0.3) is 0 Å². The van der Waals surface area contributed by atoms with Gasteiger partial charge in [-0.25, -0.2) is 0 Å². The Labute approximate surface area is 128 Å². The van der Waals surface area contributed by atoms with Gasteiger partial charge in [-0.05, 0) is 44.3 Å². The Kier molecular flexibility index (Phi) is 7.81. The van der Waals surface area contributed by atoms with E-state index in [1.165, 1.54) is 0 Å². The molecule has 0 bridgehead atoms. The second kappa shape index (κ2) is 9.38. The zero-order valence-electron chi connectivity index (χ0n) is 13.7. The Morgan fingerprint density at radius 3 is 2.29 bits per heavy atom. The Morgan fingerprint density at radius 2 is 1.76 bits per heavy atom. The molecule has 1 rings (SSSR count). The first-order valence-electron chi connectivity index (χ1n) is 7.51. The van der Waals surface area contributed by atoms with Crippen LogP contribution in [0, 0.1) is 17.2 Å². The van der Waals surface area contributed by atoms with Gasteiger partial charge in [0.15, 0.2) is 0 Å². The molecule has 0 spiro atoms. The monoisotopic (exact) mass is 289 g/mol. The minimum absolute atomic E-state index is 0.655. The van der Waals surface area contributed by atoms with E-state index in [2.05, 4.69) is 43.8 Å². The summed E-state index contributed by atoms with van der Waals surface area (Å²) in [7, 11) is 4.20. The van der Waals surface area contributed by atoms with E-state index in [-0.39, 0.29) is 0 Å². The molecule has 0 N–H and O–H groups in total. The third-order valence-corrected chi connectivity index (χ3v) is 3.15. The highest BCUT2D eigenvalue weighted by Crippen LogP contribution is 2.11. The van der Waals surface area contributed by atoms with Crippen molar-refractivity contribution in [3.05, 3.63) is 29.8 Å². The lowest BCUT2D eigenvalue weighted by atomic mass is 10.2. The SMILES string of the molecule is CC(C)CN(CCOc1ccc(C#N)cc1)CCN(C)C. The van der Waals surface area contributed by atoms with Gasteiger partial charge in [0, 0.05) is 26.2 Å². The molecular weight excluding hydrogens is 262 g/mol. The molecule has 0 aliphatic heterocycles. The van der Waals surface area contributed by atoms with Crippen LogP contribution in [0.1, 0.15) is 19.4 Å². The molecule has 0 unspecified atom stereocenters. The predicted octanol–water partition coefficient (Wildman–Crippen LogP) is 2.46. The van der Waals surface area contributed by atoms with Crippen LogP contribution in [0.5, 0.6) is 5.75 Å². The molecule has 0 atom stereocenters. The summed E-state index contributed by atoms with van der Waals surface area (Å²) in [6.07, 6.45) is 0. The average molecular weight is 289 g/mol. The predicted molar refractivity (Wildman–Crippen MR) is 86.5 cm³/mol. The van der Waals surface area contributed by atoms with Crippen molar-refractivity contribution in [3.63, 3.8) is 0 Å². The molecule has 116 valence electrons. The number of likely N-dealkylation sites (N-methyl/N-ethyl adjacent to an activating group) is 1. The fourth-order valence-corrected chi connectivity index (χ4v) is 2.07. The van der Waals surface area contributed by atoms with E-state index >= 15 is 0 Å². The lowest BCUT2D eigenvalue weighted by molar-refractivity contribution is 0.179. The summed E-state index contributed by atoms with van der Waals surface area (Å²) in [5, 5.41) is 8.76. The van der Waals surface area contributed by atoms with Crippen LogP contribution in [0.2, 0.25) is 0 Å². The lowest BCUT2D eigenvalue weighted by Crippen LogP contribution is -2.37. The van der Waals surface area contributed by atoms with Gasteiger partial charge in [-0.15, -0.1) is 0 Å². The second-order valence-corrected chi connectivity index (χ2v) is 5.98. The number of ether oxygens (including phenoxy) is 1. The summed E-state index contributed by atoms with van der Waals surface area (Å²) >= 11 is 0. The first-order valence-corrected chi connectivity index (χ1v) is 7.51. The zero-order valence-corrected chi connectivity index (χ0v) is 13.7. The number of hydrogen-bond acceptors (Lipinski definition) is 4. The van der Waals surface area contributed by atoms with Crippen molar-refractivity contribution < 1.29 is 4.74 Å². The third-order valence-electron chi connectivity index (χ3n) is 3.15. The summed E-state index contributed by atoms with van der Waals surface area (Å²) in [4.78, 5) is 4.64. The van der Waals surface area contributed by atoms with Crippen LogP contribution in [0.15, 0.2) is 24.3 Å². The molecule has 0 saturated carbocycles. The van der Waals surface area contributed by atoms with Crippen molar-refractivity contribution in [2.75, 3.05) is 46.9 Å². The first kappa shape index (κ1) is 17.5. The topological polar surface area (TPSA) is 39.5 Å². The number of benzene rings is 1. The van der Waals surface area contributed by atoms with Gasteiger partial charge in [0.05, 0.1) is 11.6 Å². The lowest BCUT2D eigenvalue weighted by Gasteiger charge is -2.25. The molecular formula is C17H27N3O. The first-order chi connectivity index (χ1) is 10.0. The van der Waals surface area contributed by atoms with Crippen LogP contribution >= 0.6 is 0 Å². The summed E-state index contributed by atoms with van der Waals surface area (Å²) in [5.41, 5.74) is 0.662. The van der Waals surface area contributed by atoms with Gasteiger partial charge >= 0.3 is 0 Å². The molecule has 0 fully saturated rings. The standard InChI is InChI=1S/C17H27N3O/c1-15(2)14-20(10-9-19(3)4)11-12-21-17-7-5-16(13-18)6-8-17/h5-8,15H,9-12,14H2,1-4H3. The fraction of sp³-hybridized carbons (Fsp3) is 0.588. The maximum Gasteiger partial charge on any atom is 0.119 e. The molecule has 0 saturated heterocycles. The molecule has 0 aliphatic rings. The van der Waals surface area contributed by atoms with Gasteiger partial charge in [-0.3, -0.25) is 4.90 Å². The minimum atomic E-state index is 0.655. The Morgan fingerprint density at radius 1 is 1.10 bits per heavy atom. The average Bonchev–Trinajstić information content (AvgIpc) is 2.44. The van der Waals surface area contributed by atoms with Crippen molar-refractivity contribution in [3.8, 4) is 11.8 Å². The highest BCUT2D eigenvalue weighted by atomic mass is 16.5. The Hall–Kier alpha value is -1.57. The van der Waals surface area contributed by atoms with Gasteiger partial charge < -0.3 is 9.64 Å². The van der Waals surface area contributed by atoms with E-state index in [1.54, 1.807) is 12.1 Å². The summed E-state index contributed by atoms with van der Waals surface area (Å²) in [6, 6.07) is 9.38. The van der Waals surface area contributed by atoms with Crippen molar-refractivity contribution >= 4 is 0 Å². The van der Waals surface area contributed by atoms with E-state index < -0.39 is 0 Å². The largest absolute Gasteiger partial charge is 0.492 e. The van der Waals surface area contributed by atoms with E-state index in [0.717, 1.165) is 31.9 Å². The van der Waals surface area contributed by atoms with Gasteiger partial charge in [0.2, 0.25) is 0 Å². The maximum atomic E-state index is 8.76.